The Kier molecular flexibility index (Phi) is 8.85. The van der Waals surface area contributed by atoms with E-state index in [-0.39, 0.29) is 23.4 Å². The fourth-order valence-electron chi connectivity index (χ4n) is 6.04. The van der Waals surface area contributed by atoms with Gasteiger partial charge in [-0.15, -0.1) is 11.3 Å². The molecule has 4 aromatic rings. The summed E-state index contributed by atoms with van der Waals surface area (Å²) < 4.78 is 40.3. The van der Waals surface area contributed by atoms with Gasteiger partial charge in [-0.1, -0.05) is 6.07 Å². The van der Waals surface area contributed by atoms with Gasteiger partial charge in [-0.3, -0.25) is 29.6 Å². The summed E-state index contributed by atoms with van der Waals surface area (Å²) in [6.07, 6.45) is -0.497. The maximum atomic E-state index is 13.2. The molecule has 246 valence electrons. The lowest BCUT2D eigenvalue weighted by Crippen LogP contribution is -2.39. The average molecular weight is 667 g/mol. The van der Waals surface area contributed by atoms with Gasteiger partial charge in [0.2, 0.25) is 11.8 Å². The molecule has 2 aliphatic heterocycles. The Morgan fingerprint density at radius 3 is 2.55 bits per heavy atom. The van der Waals surface area contributed by atoms with Gasteiger partial charge in [0.1, 0.15) is 11.4 Å². The molecular weight excluding hydrogens is 633 g/mol. The number of amides is 3. The van der Waals surface area contributed by atoms with Crippen LogP contribution in [0.3, 0.4) is 0 Å². The van der Waals surface area contributed by atoms with Gasteiger partial charge in [0.05, 0.1) is 32.4 Å². The number of hydrogen-bond donors (Lipinski definition) is 3. The first-order valence-electron chi connectivity index (χ1n) is 15.3. The molecule has 1 atom stereocenters. The summed E-state index contributed by atoms with van der Waals surface area (Å²) in [6, 6.07) is 10.4. The third-order valence-corrected chi connectivity index (χ3v) is 9.69. The van der Waals surface area contributed by atoms with Crippen LogP contribution in [0.5, 0.6) is 0 Å². The summed E-state index contributed by atoms with van der Waals surface area (Å²) in [5.74, 6) is -1.61. The number of aromatic nitrogens is 3. The molecule has 3 amide bonds. The van der Waals surface area contributed by atoms with Crippen molar-refractivity contribution in [3.63, 3.8) is 0 Å². The van der Waals surface area contributed by atoms with Crippen molar-refractivity contribution in [3.05, 3.63) is 81.9 Å². The number of alkyl halides is 3. The molecule has 3 aromatic heterocycles. The van der Waals surface area contributed by atoms with Gasteiger partial charge in [-0.2, -0.15) is 13.2 Å². The Morgan fingerprint density at radius 1 is 1.09 bits per heavy atom. The highest BCUT2D eigenvalue weighted by Crippen LogP contribution is 2.39. The lowest BCUT2D eigenvalue weighted by atomic mass is 9.93. The molecule has 0 aliphatic carbocycles. The number of thiazole rings is 1. The van der Waals surface area contributed by atoms with Crippen LogP contribution >= 0.6 is 11.3 Å². The lowest BCUT2D eigenvalue weighted by molar-refractivity contribution is -0.141. The molecule has 0 spiro atoms. The molecule has 10 nitrogen and oxygen atoms in total. The zero-order valence-electron chi connectivity index (χ0n) is 25.7. The van der Waals surface area contributed by atoms with Crippen molar-refractivity contribution in [1.29, 1.82) is 0 Å². The number of aliphatic hydroxyl groups is 1. The quantitative estimate of drug-likeness (QED) is 0.221. The Hall–Kier alpha value is -4.27. The van der Waals surface area contributed by atoms with Gasteiger partial charge in [-0.05, 0) is 88.2 Å². The molecule has 0 saturated carbocycles. The van der Waals surface area contributed by atoms with E-state index in [0.29, 0.717) is 36.2 Å². The molecule has 0 bridgehead atoms. The van der Waals surface area contributed by atoms with Crippen LogP contribution in [0.2, 0.25) is 0 Å². The Morgan fingerprint density at radius 2 is 1.85 bits per heavy atom. The molecule has 47 heavy (non-hydrogen) atoms. The number of piperidine rings is 2. The second-order valence-electron chi connectivity index (χ2n) is 12.5. The smallest absolute Gasteiger partial charge is 0.386 e. The molecule has 5 heterocycles. The van der Waals surface area contributed by atoms with Crippen LogP contribution in [-0.4, -0.2) is 55.8 Å². The first kappa shape index (κ1) is 32.7. The van der Waals surface area contributed by atoms with E-state index in [1.807, 2.05) is 12.1 Å². The predicted molar refractivity (Wildman–Crippen MR) is 169 cm³/mol. The molecule has 2 saturated heterocycles. The SMILES string of the molecule is CC(C)(O)c1cc2nc(C3CCN(Cc4ccnc(C5CCC(=O)NC5=O)c4)CC3)sc2cc1NC(=O)c1cccc(C(F)(F)F)n1. The van der Waals surface area contributed by atoms with Crippen molar-refractivity contribution in [1.82, 2.24) is 25.2 Å². The number of pyridine rings is 2. The third-order valence-electron chi connectivity index (χ3n) is 8.51. The van der Waals surface area contributed by atoms with E-state index in [0.717, 1.165) is 53.3 Å². The molecule has 14 heteroatoms. The molecular formula is C33H33F3N6O4S. The number of carbonyl (C=O) groups is 3. The highest BCUT2D eigenvalue weighted by Gasteiger charge is 2.33. The van der Waals surface area contributed by atoms with E-state index in [2.05, 4.69) is 25.5 Å². The summed E-state index contributed by atoms with van der Waals surface area (Å²) in [5, 5.41) is 16.9. The first-order chi connectivity index (χ1) is 22.2. The second-order valence-corrected chi connectivity index (χ2v) is 13.5. The van der Waals surface area contributed by atoms with Gasteiger partial charge >= 0.3 is 6.18 Å². The average Bonchev–Trinajstić information content (AvgIpc) is 3.43. The van der Waals surface area contributed by atoms with Crippen molar-refractivity contribution in [2.24, 2.45) is 0 Å². The van der Waals surface area contributed by atoms with Crippen LogP contribution in [0.25, 0.3) is 10.2 Å². The van der Waals surface area contributed by atoms with Crippen LogP contribution in [0.15, 0.2) is 48.7 Å². The summed E-state index contributed by atoms with van der Waals surface area (Å²) in [6.45, 7) is 5.49. The number of imide groups is 1. The van der Waals surface area contributed by atoms with Crippen LogP contribution in [0.4, 0.5) is 18.9 Å². The molecule has 1 aromatic carbocycles. The minimum absolute atomic E-state index is 0.207. The Bertz CT molecular complexity index is 1850. The van der Waals surface area contributed by atoms with E-state index in [1.165, 1.54) is 17.4 Å². The van der Waals surface area contributed by atoms with Gasteiger partial charge < -0.3 is 10.4 Å². The number of likely N-dealkylation sites (tertiary alicyclic amines) is 1. The molecule has 6 rings (SSSR count). The third kappa shape index (κ3) is 7.34. The van der Waals surface area contributed by atoms with Crippen molar-refractivity contribution >= 4 is 45.0 Å². The fourth-order valence-corrected chi connectivity index (χ4v) is 7.19. The van der Waals surface area contributed by atoms with Crippen molar-refractivity contribution in [2.45, 2.75) is 69.7 Å². The number of hydrogen-bond acceptors (Lipinski definition) is 9. The fraction of sp³-hybridized carbons (Fsp3) is 0.394. The predicted octanol–water partition coefficient (Wildman–Crippen LogP) is 5.48. The molecule has 3 N–H and O–H groups in total. The Balaban J connectivity index is 1.15. The number of fused-ring (bicyclic) bond motifs is 1. The minimum atomic E-state index is -4.69. The number of anilines is 1. The summed E-state index contributed by atoms with van der Waals surface area (Å²) >= 11 is 1.49. The van der Waals surface area contributed by atoms with E-state index >= 15 is 0 Å². The summed E-state index contributed by atoms with van der Waals surface area (Å²) in [4.78, 5) is 51.9. The monoisotopic (exact) mass is 666 g/mol. The maximum absolute atomic E-state index is 13.2. The highest BCUT2D eigenvalue weighted by molar-refractivity contribution is 7.18. The normalized spacial score (nSPS) is 18.4. The number of carbonyl (C=O) groups excluding carboxylic acids is 3. The number of nitrogens with zero attached hydrogens (tertiary/aromatic N) is 4. The van der Waals surface area contributed by atoms with E-state index < -0.39 is 35.0 Å². The van der Waals surface area contributed by atoms with Crippen LogP contribution in [0, 0.1) is 0 Å². The first-order valence-corrected chi connectivity index (χ1v) is 16.1. The highest BCUT2D eigenvalue weighted by atomic mass is 32.1. The van der Waals surface area contributed by atoms with Crippen molar-refractivity contribution < 1.29 is 32.7 Å². The van der Waals surface area contributed by atoms with Crippen LogP contribution in [-0.2, 0) is 27.9 Å². The van der Waals surface area contributed by atoms with Gasteiger partial charge in [0.15, 0.2) is 0 Å². The van der Waals surface area contributed by atoms with Gasteiger partial charge in [-0.25, -0.2) is 9.97 Å². The van der Waals surface area contributed by atoms with Crippen LogP contribution in [0.1, 0.15) is 89.4 Å². The summed E-state index contributed by atoms with van der Waals surface area (Å²) in [7, 11) is 0. The van der Waals surface area contributed by atoms with E-state index in [1.54, 1.807) is 32.2 Å². The topological polar surface area (TPSA) is 137 Å². The summed E-state index contributed by atoms with van der Waals surface area (Å²) in [5.41, 5.74) is 0.0996. The standard InChI is InChI=1S/C33H33F3N6O4S/c1-32(2,46)21-15-25-26(16-24(21)39-30(45)22-4-3-5-27(38-22)33(34,35)36)47-31(40-25)19-9-12-42(13-10-19)17-18-8-11-37-23(14-18)20-6-7-28(43)41-29(20)44/h3-5,8,11,14-16,19-20,46H,6-7,9-10,12-13,17H2,1-2H3,(H,39,45)(H,41,43,44). The van der Waals surface area contributed by atoms with E-state index in [4.69, 9.17) is 4.98 Å². The maximum Gasteiger partial charge on any atom is 0.433 e. The number of benzene rings is 1. The van der Waals surface area contributed by atoms with Gasteiger partial charge in [0.25, 0.3) is 5.91 Å². The molecule has 0 radical (unpaired) electrons. The second kappa shape index (κ2) is 12.7. The lowest BCUT2D eigenvalue weighted by Gasteiger charge is -2.31. The van der Waals surface area contributed by atoms with E-state index in [9.17, 15) is 32.7 Å². The number of rotatable bonds is 7. The number of halogens is 3. The largest absolute Gasteiger partial charge is 0.433 e. The zero-order chi connectivity index (χ0) is 33.5. The molecule has 2 fully saturated rings. The van der Waals surface area contributed by atoms with Crippen molar-refractivity contribution in [3.8, 4) is 0 Å². The zero-order valence-corrected chi connectivity index (χ0v) is 26.5. The molecule has 2 aliphatic rings. The minimum Gasteiger partial charge on any atom is -0.386 e. The van der Waals surface area contributed by atoms with Crippen LogP contribution < -0.4 is 10.6 Å². The Labute approximate surface area is 272 Å². The molecule has 1 unspecified atom stereocenters. The van der Waals surface area contributed by atoms with Crippen molar-refractivity contribution in [2.75, 3.05) is 18.4 Å². The van der Waals surface area contributed by atoms with Gasteiger partial charge in [0, 0.05) is 36.3 Å². The number of nitrogens with one attached hydrogen (secondary N) is 2.